The Kier molecular flexibility index (Phi) is 5.57. The van der Waals surface area contributed by atoms with Gasteiger partial charge in [0.1, 0.15) is 28.4 Å². The normalized spacial score (nSPS) is 11.2. The van der Waals surface area contributed by atoms with Gasteiger partial charge < -0.3 is 19.0 Å². The van der Waals surface area contributed by atoms with E-state index in [0.29, 0.717) is 33.6 Å². The van der Waals surface area contributed by atoms with E-state index in [1.165, 1.54) is 32.4 Å². The Labute approximate surface area is 217 Å². The fourth-order valence-corrected chi connectivity index (χ4v) is 4.84. The van der Waals surface area contributed by atoms with Gasteiger partial charge in [0.15, 0.2) is 5.78 Å². The Morgan fingerprint density at radius 2 is 1.47 bits per heavy atom. The number of carbonyl (C=O) groups excluding carboxylic acids is 1. The van der Waals surface area contributed by atoms with E-state index in [4.69, 9.17) is 13.9 Å². The van der Waals surface area contributed by atoms with Crippen LogP contribution in [0.5, 0.6) is 17.2 Å². The van der Waals surface area contributed by atoms with Crippen molar-refractivity contribution in [2.45, 2.75) is 0 Å². The molecule has 0 fully saturated rings. The zero-order valence-electron chi connectivity index (χ0n) is 20.6. The summed E-state index contributed by atoms with van der Waals surface area (Å²) in [6.45, 7) is 0. The number of benzene rings is 5. The molecular formula is C32H22O6. The van der Waals surface area contributed by atoms with Crippen molar-refractivity contribution in [2.75, 3.05) is 14.2 Å². The summed E-state index contributed by atoms with van der Waals surface area (Å²) >= 11 is 0. The summed E-state index contributed by atoms with van der Waals surface area (Å²) in [6, 6.07) is 26.5. The van der Waals surface area contributed by atoms with Crippen LogP contribution in [0.25, 0.3) is 43.8 Å². The monoisotopic (exact) mass is 502 g/mol. The summed E-state index contributed by atoms with van der Waals surface area (Å²) in [5, 5.41) is 13.0. The average Bonchev–Trinajstić information content (AvgIpc) is 2.96. The van der Waals surface area contributed by atoms with Gasteiger partial charge in [-0.25, -0.2) is 0 Å². The number of ketones is 1. The number of ether oxygens (including phenoxy) is 2. The van der Waals surface area contributed by atoms with Crippen molar-refractivity contribution in [3.8, 4) is 28.4 Å². The minimum Gasteiger partial charge on any atom is -0.507 e. The first-order chi connectivity index (χ1) is 18.5. The lowest BCUT2D eigenvalue weighted by Crippen LogP contribution is -2.08. The predicted molar refractivity (Wildman–Crippen MR) is 148 cm³/mol. The molecule has 5 aromatic carbocycles. The molecule has 0 aliphatic rings. The van der Waals surface area contributed by atoms with Crippen molar-refractivity contribution in [2.24, 2.45) is 0 Å². The zero-order valence-corrected chi connectivity index (χ0v) is 20.6. The minimum absolute atomic E-state index is 0.0689. The van der Waals surface area contributed by atoms with Gasteiger partial charge >= 0.3 is 0 Å². The molecular weight excluding hydrogens is 480 g/mol. The van der Waals surface area contributed by atoms with Crippen LogP contribution in [0, 0.1) is 0 Å². The topological polar surface area (TPSA) is 86.0 Å². The van der Waals surface area contributed by atoms with Gasteiger partial charge in [0.2, 0.25) is 5.43 Å². The highest BCUT2D eigenvalue weighted by molar-refractivity contribution is 6.15. The van der Waals surface area contributed by atoms with E-state index in [1.54, 1.807) is 30.3 Å². The second-order valence-electron chi connectivity index (χ2n) is 8.93. The molecule has 0 amide bonds. The number of fused-ring (bicyclic) bond motifs is 3. The molecule has 0 unspecified atom stereocenters. The molecule has 186 valence electrons. The molecule has 0 atom stereocenters. The van der Waals surface area contributed by atoms with Crippen molar-refractivity contribution >= 4 is 38.5 Å². The molecule has 0 radical (unpaired) electrons. The van der Waals surface area contributed by atoms with Gasteiger partial charge in [0, 0.05) is 11.1 Å². The fraction of sp³-hybridized carbons (Fsp3) is 0.0625. The molecule has 38 heavy (non-hydrogen) atoms. The molecule has 1 heterocycles. The maximum Gasteiger partial charge on any atom is 0.200 e. The van der Waals surface area contributed by atoms with Gasteiger partial charge in [-0.05, 0) is 64.9 Å². The van der Waals surface area contributed by atoms with E-state index in [2.05, 4.69) is 0 Å². The van der Waals surface area contributed by atoms with Crippen molar-refractivity contribution in [1.29, 1.82) is 0 Å². The largest absolute Gasteiger partial charge is 0.507 e. The minimum atomic E-state index is -0.449. The molecule has 1 N–H and O–H groups in total. The van der Waals surface area contributed by atoms with Gasteiger partial charge in [0.25, 0.3) is 0 Å². The molecule has 6 rings (SSSR count). The summed E-state index contributed by atoms with van der Waals surface area (Å²) in [7, 11) is 3.01. The smallest absolute Gasteiger partial charge is 0.200 e. The number of phenols is 1. The third kappa shape index (κ3) is 3.74. The van der Waals surface area contributed by atoms with E-state index < -0.39 is 5.78 Å². The summed E-state index contributed by atoms with van der Waals surface area (Å²) in [4.78, 5) is 27.5. The number of carbonyl (C=O) groups is 1. The molecule has 6 aromatic rings. The van der Waals surface area contributed by atoms with E-state index in [-0.39, 0.29) is 27.7 Å². The molecule has 6 nitrogen and oxygen atoms in total. The van der Waals surface area contributed by atoms with Crippen LogP contribution in [0.4, 0.5) is 0 Å². The van der Waals surface area contributed by atoms with Crippen molar-refractivity contribution in [3.05, 3.63) is 112 Å². The maximum atomic E-state index is 13.8. The highest BCUT2D eigenvalue weighted by atomic mass is 16.5. The summed E-state index contributed by atoms with van der Waals surface area (Å²) in [6.07, 6.45) is 0. The third-order valence-corrected chi connectivity index (χ3v) is 6.77. The van der Waals surface area contributed by atoms with E-state index >= 15 is 0 Å². The summed E-state index contributed by atoms with van der Waals surface area (Å²) < 4.78 is 16.9. The maximum absolute atomic E-state index is 13.8. The zero-order chi connectivity index (χ0) is 26.4. The van der Waals surface area contributed by atoms with Crippen molar-refractivity contribution in [1.82, 2.24) is 0 Å². The summed E-state index contributed by atoms with van der Waals surface area (Å²) in [5.74, 6) is 0.318. The van der Waals surface area contributed by atoms with Crippen LogP contribution in [0.1, 0.15) is 15.9 Å². The molecule has 0 aliphatic carbocycles. The Morgan fingerprint density at radius 3 is 2.29 bits per heavy atom. The van der Waals surface area contributed by atoms with E-state index in [0.717, 1.165) is 16.3 Å². The second-order valence-corrected chi connectivity index (χ2v) is 8.93. The van der Waals surface area contributed by atoms with Crippen LogP contribution in [-0.2, 0) is 0 Å². The lowest BCUT2D eigenvalue weighted by molar-refractivity contribution is 0.103. The molecule has 0 aliphatic heterocycles. The SMILES string of the molecule is COc1ccc(O)c(C(=O)c2cc(-c3cccc4ccccc34)c3oc4ccc(OC)cc4c(=O)c3c2)c1. The average molecular weight is 503 g/mol. The van der Waals surface area contributed by atoms with Crippen LogP contribution in [-0.4, -0.2) is 25.1 Å². The Hall–Kier alpha value is -5.10. The van der Waals surface area contributed by atoms with E-state index in [9.17, 15) is 14.7 Å². The first-order valence-electron chi connectivity index (χ1n) is 12.0. The van der Waals surface area contributed by atoms with Crippen LogP contribution in [0.3, 0.4) is 0 Å². The van der Waals surface area contributed by atoms with Crippen molar-refractivity contribution in [3.63, 3.8) is 0 Å². The third-order valence-electron chi connectivity index (χ3n) is 6.77. The lowest BCUT2D eigenvalue weighted by Gasteiger charge is -2.13. The molecule has 6 heteroatoms. The first kappa shape index (κ1) is 23.3. The number of methoxy groups -OCH3 is 2. The number of hydrogen-bond donors (Lipinski definition) is 1. The fourth-order valence-electron chi connectivity index (χ4n) is 4.84. The van der Waals surface area contributed by atoms with Gasteiger partial charge in [-0.1, -0.05) is 42.5 Å². The Morgan fingerprint density at radius 1 is 0.737 bits per heavy atom. The number of hydrogen-bond acceptors (Lipinski definition) is 6. The highest BCUT2D eigenvalue weighted by Gasteiger charge is 2.21. The van der Waals surface area contributed by atoms with Crippen LogP contribution in [0.15, 0.2) is 100 Å². The van der Waals surface area contributed by atoms with Crippen LogP contribution in [0.2, 0.25) is 0 Å². The first-order valence-corrected chi connectivity index (χ1v) is 12.0. The standard InChI is InChI=1S/C32H22O6/c1-36-20-10-12-28(33)25(16-20)30(34)19-14-24(23-9-5-7-18-6-3-4-8-22(18)23)32-27(15-19)31(35)26-17-21(37-2)11-13-29(26)38-32/h3-17,33H,1-2H3. The molecule has 0 bridgehead atoms. The van der Waals surface area contributed by atoms with Gasteiger partial charge in [-0.2, -0.15) is 0 Å². The van der Waals surface area contributed by atoms with Gasteiger partial charge in [-0.15, -0.1) is 0 Å². The number of rotatable bonds is 5. The molecule has 0 saturated heterocycles. The van der Waals surface area contributed by atoms with Crippen molar-refractivity contribution < 1.29 is 23.8 Å². The second kappa shape index (κ2) is 9.09. The molecule has 0 saturated carbocycles. The number of aromatic hydroxyl groups is 1. The van der Waals surface area contributed by atoms with Gasteiger partial charge in [0.05, 0.1) is 30.6 Å². The van der Waals surface area contributed by atoms with Crippen LogP contribution >= 0.6 is 0 Å². The lowest BCUT2D eigenvalue weighted by atomic mass is 9.92. The van der Waals surface area contributed by atoms with E-state index in [1.807, 2.05) is 42.5 Å². The quantitative estimate of drug-likeness (QED) is 0.208. The highest BCUT2D eigenvalue weighted by Crippen LogP contribution is 2.37. The van der Waals surface area contributed by atoms with Crippen LogP contribution < -0.4 is 14.9 Å². The predicted octanol–water partition coefficient (Wildman–Crippen LogP) is 6.72. The Bertz CT molecular complexity index is 1950. The van der Waals surface area contributed by atoms with Gasteiger partial charge in [-0.3, -0.25) is 9.59 Å². The number of phenolic OH excluding ortho intramolecular Hbond substituents is 1. The molecule has 1 aromatic heterocycles. The Balaban J connectivity index is 1.71. The summed E-state index contributed by atoms with van der Waals surface area (Å²) in [5.41, 5.74) is 2.21. The molecule has 0 spiro atoms.